The topological polar surface area (TPSA) is 68.7 Å². The van der Waals surface area contributed by atoms with E-state index in [-0.39, 0.29) is 5.97 Å². The number of aromatic nitrogens is 1. The first-order valence-corrected chi connectivity index (χ1v) is 10.7. The Labute approximate surface area is 185 Å². The molecule has 0 spiro atoms. The molecule has 1 aromatic heterocycles. The fourth-order valence-electron chi connectivity index (χ4n) is 5.35. The van der Waals surface area contributed by atoms with Crippen LogP contribution in [0, 0.1) is 5.92 Å². The van der Waals surface area contributed by atoms with E-state index < -0.39 is 29.1 Å². The van der Waals surface area contributed by atoms with Crippen molar-refractivity contribution in [3.63, 3.8) is 0 Å². The molecule has 7 heteroatoms. The van der Waals surface area contributed by atoms with Crippen LogP contribution in [0.5, 0.6) is 5.75 Å². The summed E-state index contributed by atoms with van der Waals surface area (Å²) in [6.45, 7) is 0. The summed E-state index contributed by atoms with van der Waals surface area (Å²) in [5.74, 6) is -0.960. The summed E-state index contributed by atoms with van der Waals surface area (Å²) in [6, 6.07) is 18.9. The van der Waals surface area contributed by atoms with Crippen LogP contribution in [0.1, 0.15) is 22.7 Å². The molecule has 1 saturated carbocycles. The predicted molar refractivity (Wildman–Crippen MR) is 112 cm³/mol. The summed E-state index contributed by atoms with van der Waals surface area (Å²) in [4.78, 5) is 17.1. The number of nitrogens with zero attached hydrogens (tertiary/aromatic N) is 1. The van der Waals surface area contributed by atoms with Gasteiger partial charge >= 0.3 is 5.97 Å². The number of ether oxygens (including phenoxy) is 2. The molecular weight excluding hydrogens is 470 g/mol. The van der Waals surface area contributed by atoms with Crippen LogP contribution in [0.25, 0.3) is 0 Å². The van der Waals surface area contributed by atoms with Crippen molar-refractivity contribution in [3.8, 4) is 5.75 Å². The molecule has 2 aromatic carbocycles. The van der Waals surface area contributed by atoms with Crippen molar-refractivity contribution < 1.29 is 19.4 Å². The lowest BCUT2D eigenvalue weighted by Crippen LogP contribution is -2.56. The second-order valence-electron chi connectivity index (χ2n) is 7.88. The fourth-order valence-corrected chi connectivity index (χ4v) is 5.77. The van der Waals surface area contributed by atoms with Gasteiger partial charge in [-0.2, -0.15) is 0 Å². The van der Waals surface area contributed by atoms with E-state index in [4.69, 9.17) is 21.1 Å². The van der Waals surface area contributed by atoms with Crippen LogP contribution in [0.15, 0.2) is 71.3 Å². The SMILES string of the molecule is O=C1OC2C1C(c1ccccc1)C1(c3ccc(Br)cc3)Oc3cc(Cl)cnc3C21O. The van der Waals surface area contributed by atoms with Crippen LogP contribution in [-0.2, 0) is 20.7 Å². The molecule has 30 heavy (non-hydrogen) atoms. The Morgan fingerprint density at radius 3 is 2.53 bits per heavy atom. The average Bonchev–Trinajstić information content (AvgIpc) is 3.09. The van der Waals surface area contributed by atoms with Crippen molar-refractivity contribution in [2.75, 3.05) is 0 Å². The number of carbonyl (C=O) groups excluding carboxylic acids is 1. The zero-order valence-corrected chi connectivity index (χ0v) is 17.8. The van der Waals surface area contributed by atoms with Gasteiger partial charge in [-0.1, -0.05) is 70.0 Å². The quantitative estimate of drug-likeness (QED) is 0.549. The monoisotopic (exact) mass is 483 g/mol. The number of hydrogen-bond donors (Lipinski definition) is 1. The zero-order chi connectivity index (χ0) is 20.7. The van der Waals surface area contributed by atoms with Gasteiger partial charge in [0.25, 0.3) is 0 Å². The van der Waals surface area contributed by atoms with Crippen molar-refractivity contribution in [3.05, 3.63) is 93.2 Å². The van der Waals surface area contributed by atoms with Crippen molar-refractivity contribution in [2.45, 2.75) is 23.2 Å². The van der Waals surface area contributed by atoms with Gasteiger partial charge in [0, 0.05) is 22.7 Å². The first-order chi connectivity index (χ1) is 14.5. The molecule has 1 N–H and O–H groups in total. The second kappa shape index (κ2) is 6.06. The van der Waals surface area contributed by atoms with Crippen LogP contribution < -0.4 is 4.74 Å². The molecule has 0 bridgehead atoms. The molecule has 5 unspecified atom stereocenters. The summed E-state index contributed by atoms with van der Waals surface area (Å²) in [5, 5.41) is 12.7. The number of aliphatic hydroxyl groups is 1. The fraction of sp³-hybridized carbons (Fsp3) is 0.217. The van der Waals surface area contributed by atoms with E-state index in [2.05, 4.69) is 20.9 Å². The van der Waals surface area contributed by atoms with Gasteiger partial charge in [-0.15, -0.1) is 0 Å². The number of esters is 1. The number of hydrogen-bond acceptors (Lipinski definition) is 5. The Kier molecular flexibility index (Phi) is 3.71. The number of halogens is 2. The van der Waals surface area contributed by atoms with Gasteiger partial charge < -0.3 is 14.6 Å². The lowest BCUT2D eigenvalue weighted by atomic mass is 9.72. The second-order valence-corrected chi connectivity index (χ2v) is 9.24. The van der Waals surface area contributed by atoms with E-state index >= 15 is 0 Å². The highest BCUT2D eigenvalue weighted by molar-refractivity contribution is 9.10. The van der Waals surface area contributed by atoms with Crippen molar-refractivity contribution in [1.82, 2.24) is 4.98 Å². The summed E-state index contributed by atoms with van der Waals surface area (Å²) >= 11 is 9.65. The third-order valence-corrected chi connectivity index (χ3v) is 7.23. The van der Waals surface area contributed by atoms with Crippen LogP contribution in [0.2, 0.25) is 5.02 Å². The molecule has 2 aliphatic heterocycles. The highest BCUT2D eigenvalue weighted by Gasteiger charge is 2.83. The van der Waals surface area contributed by atoms with E-state index in [1.807, 2.05) is 54.6 Å². The smallest absolute Gasteiger partial charge is 0.314 e. The lowest BCUT2D eigenvalue weighted by molar-refractivity contribution is -0.213. The maximum atomic E-state index is 12.6. The van der Waals surface area contributed by atoms with E-state index in [1.165, 1.54) is 6.20 Å². The summed E-state index contributed by atoms with van der Waals surface area (Å²) in [6.07, 6.45) is 0.707. The zero-order valence-electron chi connectivity index (χ0n) is 15.5. The van der Waals surface area contributed by atoms with Crippen molar-refractivity contribution in [2.24, 2.45) is 5.92 Å². The highest BCUT2D eigenvalue weighted by Crippen LogP contribution is 2.71. The molecule has 0 amide bonds. The van der Waals surface area contributed by atoms with Crippen LogP contribution in [0.3, 0.4) is 0 Å². The van der Waals surface area contributed by atoms with Crippen molar-refractivity contribution >= 4 is 33.5 Å². The Morgan fingerprint density at radius 2 is 1.83 bits per heavy atom. The number of carbonyl (C=O) groups is 1. The molecule has 1 saturated heterocycles. The van der Waals surface area contributed by atoms with Gasteiger partial charge in [-0.25, -0.2) is 0 Å². The molecule has 3 heterocycles. The molecule has 1 aliphatic carbocycles. The maximum Gasteiger partial charge on any atom is 0.314 e. The lowest BCUT2D eigenvalue weighted by Gasteiger charge is -2.40. The minimum absolute atomic E-state index is 0.340. The number of rotatable bonds is 2. The number of pyridine rings is 1. The van der Waals surface area contributed by atoms with E-state index in [0.717, 1.165) is 15.6 Å². The van der Waals surface area contributed by atoms with Crippen LogP contribution in [0.4, 0.5) is 0 Å². The van der Waals surface area contributed by atoms with Crippen LogP contribution in [-0.4, -0.2) is 22.2 Å². The van der Waals surface area contributed by atoms with Crippen molar-refractivity contribution in [1.29, 1.82) is 0 Å². The van der Waals surface area contributed by atoms with Gasteiger partial charge in [0.15, 0.2) is 17.3 Å². The Morgan fingerprint density at radius 1 is 1.10 bits per heavy atom. The van der Waals surface area contributed by atoms with Gasteiger partial charge in [-0.05, 0) is 23.3 Å². The standard InChI is InChI=1S/C23H15BrClNO4/c24-14-8-6-13(7-9-14)23-18(12-4-2-1-3-5-12)17-20(29-21(17)27)22(23,28)19-16(30-23)10-15(25)11-26-19/h1-11,17-18,20,28H. The van der Waals surface area contributed by atoms with E-state index in [9.17, 15) is 9.90 Å². The third kappa shape index (κ3) is 2.06. The summed E-state index contributed by atoms with van der Waals surface area (Å²) in [7, 11) is 0. The summed E-state index contributed by atoms with van der Waals surface area (Å²) in [5.41, 5.74) is -0.976. The van der Waals surface area contributed by atoms with Crippen LogP contribution >= 0.6 is 27.5 Å². The Hall–Kier alpha value is -2.41. The minimum Gasteiger partial charge on any atom is -0.476 e. The van der Waals surface area contributed by atoms with E-state index in [1.54, 1.807) is 6.07 Å². The van der Waals surface area contributed by atoms with Gasteiger partial charge in [0.1, 0.15) is 17.4 Å². The molecule has 3 aliphatic rings. The largest absolute Gasteiger partial charge is 0.476 e. The molecule has 5 atom stereocenters. The molecule has 0 radical (unpaired) electrons. The summed E-state index contributed by atoms with van der Waals surface area (Å²) < 4.78 is 13.0. The first-order valence-electron chi connectivity index (χ1n) is 9.56. The minimum atomic E-state index is -1.65. The van der Waals surface area contributed by atoms with Gasteiger partial charge in [0.2, 0.25) is 0 Å². The van der Waals surface area contributed by atoms with E-state index in [0.29, 0.717) is 16.5 Å². The molecule has 6 rings (SSSR count). The number of benzene rings is 2. The molecule has 2 fully saturated rings. The third-order valence-electron chi connectivity index (χ3n) is 6.50. The van der Waals surface area contributed by atoms with Gasteiger partial charge in [0.05, 0.1) is 5.02 Å². The molecule has 150 valence electrons. The Balaban J connectivity index is 1.68. The first kappa shape index (κ1) is 18.4. The maximum absolute atomic E-state index is 12.6. The predicted octanol–water partition coefficient (Wildman–Crippen LogP) is 4.31. The molecular formula is C23H15BrClNO4. The average molecular weight is 485 g/mol. The number of fused-ring (bicyclic) bond motifs is 5. The normalized spacial score (nSPS) is 33.0. The molecule has 5 nitrogen and oxygen atoms in total. The highest BCUT2D eigenvalue weighted by atomic mass is 79.9. The Bertz CT molecular complexity index is 1190. The molecule has 3 aromatic rings. The van der Waals surface area contributed by atoms with Gasteiger partial charge in [-0.3, -0.25) is 9.78 Å².